The molecule has 152 valence electrons. The van der Waals surface area contributed by atoms with Gasteiger partial charge in [-0.15, -0.1) is 0 Å². The highest BCUT2D eigenvalue weighted by atomic mass is 16.5. The Hall–Kier alpha value is -3.74. The van der Waals surface area contributed by atoms with Gasteiger partial charge in [-0.2, -0.15) is 0 Å². The van der Waals surface area contributed by atoms with E-state index in [1.165, 1.54) is 7.05 Å². The molecular weight excluding hydrogens is 382 g/mol. The maximum Gasteiger partial charge on any atom is 0.340 e. The minimum Gasteiger partial charge on any atom is -0.444 e. The van der Waals surface area contributed by atoms with E-state index in [4.69, 9.17) is 4.74 Å². The van der Waals surface area contributed by atoms with E-state index >= 15 is 0 Å². The van der Waals surface area contributed by atoms with Crippen LogP contribution in [0.5, 0.6) is 0 Å². The Kier molecular flexibility index (Phi) is 5.43. The van der Waals surface area contributed by atoms with Crippen LogP contribution in [-0.2, 0) is 22.4 Å². The Morgan fingerprint density at radius 1 is 1.00 bits per heavy atom. The number of pyridine rings is 1. The third-order valence-electron chi connectivity index (χ3n) is 5.15. The highest BCUT2D eigenvalue weighted by molar-refractivity contribution is 6.06. The number of nitrogens with zero attached hydrogens (tertiary/aromatic N) is 1. The first-order valence-electron chi connectivity index (χ1n) is 9.77. The SMILES string of the molecule is CNC(=O)NC(=O)[C@@H](OC(=O)c1c2c(nc3ccccc13)CCC2)c1ccccc1. The molecule has 0 aliphatic heterocycles. The molecule has 0 bridgehead atoms. The van der Waals surface area contributed by atoms with Gasteiger partial charge in [0, 0.05) is 23.7 Å². The number of fused-ring (bicyclic) bond motifs is 2. The second-order valence-electron chi connectivity index (χ2n) is 7.05. The minimum absolute atomic E-state index is 0.446. The minimum atomic E-state index is -1.26. The number of aryl methyl sites for hydroxylation is 1. The largest absolute Gasteiger partial charge is 0.444 e. The lowest BCUT2D eigenvalue weighted by Gasteiger charge is -2.19. The van der Waals surface area contributed by atoms with Crippen LogP contribution in [0, 0.1) is 0 Å². The van der Waals surface area contributed by atoms with Gasteiger partial charge in [0.2, 0.25) is 6.10 Å². The fourth-order valence-electron chi connectivity index (χ4n) is 3.75. The number of esters is 1. The van der Waals surface area contributed by atoms with E-state index in [9.17, 15) is 14.4 Å². The molecule has 0 saturated carbocycles. The summed E-state index contributed by atoms with van der Waals surface area (Å²) in [4.78, 5) is 42.4. The van der Waals surface area contributed by atoms with Gasteiger partial charge >= 0.3 is 12.0 Å². The predicted octanol–water partition coefficient (Wildman–Crippen LogP) is 3.08. The van der Waals surface area contributed by atoms with Gasteiger partial charge in [-0.3, -0.25) is 15.1 Å². The lowest BCUT2D eigenvalue weighted by molar-refractivity contribution is -0.129. The number of amides is 3. The van der Waals surface area contributed by atoms with Crippen molar-refractivity contribution in [2.24, 2.45) is 0 Å². The molecule has 1 heterocycles. The number of rotatable bonds is 4. The van der Waals surface area contributed by atoms with E-state index in [0.29, 0.717) is 16.5 Å². The number of imide groups is 1. The summed E-state index contributed by atoms with van der Waals surface area (Å²) in [6, 6.07) is 15.4. The van der Waals surface area contributed by atoms with Crippen LogP contribution >= 0.6 is 0 Å². The van der Waals surface area contributed by atoms with Gasteiger partial charge in [0.15, 0.2) is 0 Å². The normalized spacial score (nSPS) is 13.4. The number of ether oxygens (including phenoxy) is 1. The summed E-state index contributed by atoms with van der Waals surface area (Å²) in [5, 5.41) is 5.22. The second-order valence-corrected chi connectivity index (χ2v) is 7.05. The molecule has 1 aliphatic rings. The van der Waals surface area contributed by atoms with Crippen molar-refractivity contribution in [3.63, 3.8) is 0 Å². The maximum atomic E-state index is 13.3. The van der Waals surface area contributed by atoms with Crippen LogP contribution in [0.15, 0.2) is 54.6 Å². The number of hydrogen-bond donors (Lipinski definition) is 2. The molecule has 0 spiro atoms. The fraction of sp³-hybridized carbons (Fsp3) is 0.217. The van der Waals surface area contributed by atoms with Gasteiger partial charge in [-0.1, -0.05) is 48.5 Å². The number of hydrogen-bond acceptors (Lipinski definition) is 5. The van der Waals surface area contributed by atoms with Crippen LogP contribution in [0.2, 0.25) is 0 Å². The Labute approximate surface area is 173 Å². The van der Waals surface area contributed by atoms with Gasteiger partial charge < -0.3 is 10.1 Å². The van der Waals surface area contributed by atoms with Crippen molar-refractivity contribution in [3.05, 3.63) is 77.0 Å². The van der Waals surface area contributed by atoms with Gasteiger partial charge in [0.05, 0.1) is 11.1 Å². The third kappa shape index (κ3) is 3.74. The zero-order valence-electron chi connectivity index (χ0n) is 16.5. The molecule has 3 amide bonds. The molecular formula is C23H21N3O4. The van der Waals surface area contributed by atoms with Crippen molar-refractivity contribution < 1.29 is 19.1 Å². The number of urea groups is 1. The first-order chi connectivity index (χ1) is 14.6. The number of aromatic nitrogens is 1. The van der Waals surface area contributed by atoms with Gasteiger partial charge in [0.1, 0.15) is 0 Å². The number of nitrogens with one attached hydrogen (secondary N) is 2. The first-order valence-corrected chi connectivity index (χ1v) is 9.77. The van der Waals surface area contributed by atoms with Gasteiger partial charge in [-0.05, 0) is 30.9 Å². The van der Waals surface area contributed by atoms with Crippen LogP contribution in [0.1, 0.15) is 39.7 Å². The summed E-state index contributed by atoms with van der Waals surface area (Å²) in [5.41, 5.74) is 3.41. The van der Waals surface area contributed by atoms with E-state index in [-0.39, 0.29) is 0 Å². The quantitative estimate of drug-likeness (QED) is 0.653. The first kappa shape index (κ1) is 19.6. The molecule has 3 aromatic rings. The fourth-order valence-corrected chi connectivity index (χ4v) is 3.75. The molecule has 0 unspecified atom stereocenters. The Bertz CT molecular complexity index is 1130. The highest BCUT2D eigenvalue weighted by Gasteiger charge is 2.30. The molecule has 1 atom stereocenters. The average Bonchev–Trinajstić information content (AvgIpc) is 3.23. The van der Waals surface area contributed by atoms with Crippen LogP contribution in [-0.4, -0.2) is 29.9 Å². The summed E-state index contributed by atoms with van der Waals surface area (Å²) in [6.45, 7) is 0. The smallest absolute Gasteiger partial charge is 0.340 e. The predicted molar refractivity (Wildman–Crippen MR) is 111 cm³/mol. The van der Waals surface area contributed by atoms with E-state index in [1.54, 1.807) is 30.3 Å². The molecule has 1 aromatic heterocycles. The van der Waals surface area contributed by atoms with Crippen molar-refractivity contribution in [1.29, 1.82) is 0 Å². The van der Waals surface area contributed by atoms with Gasteiger partial charge in [-0.25, -0.2) is 9.59 Å². The molecule has 1 aliphatic carbocycles. The maximum absolute atomic E-state index is 13.3. The molecule has 0 fully saturated rings. The molecule has 7 nitrogen and oxygen atoms in total. The van der Waals surface area contributed by atoms with E-state index in [1.807, 2.05) is 24.3 Å². The van der Waals surface area contributed by atoms with Gasteiger partial charge in [0.25, 0.3) is 5.91 Å². The topological polar surface area (TPSA) is 97.4 Å². The molecule has 30 heavy (non-hydrogen) atoms. The second kappa shape index (κ2) is 8.32. The average molecular weight is 403 g/mol. The molecule has 7 heteroatoms. The van der Waals surface area contributed by atoms with Crippen molar-refractivity contribution in [1.82, 2.24) is 15.6 Å². The number of carbonyl (C=O) groups excluding carboxylic acids is 3. The molecule has 2 N–H and O–H groups in total. The number of carbonyl (C=O) groups is 3. The number of benzene rings is 2. The summed E-state index contributed by atoms with van der Waals surface area (Å²) in [5.74, 6) is -1.32. The molecule has 2 aromatic carbocycles. The Morgan fingerprint density at radius 3 is 2.50 bits per heavy atom. The van der Waals surface area contributed by atoms with E-state index < -0.39 is 24.0 Å². The van der Waals surface area contributed by atoms with Crippen molar-refractivity contribution in [3.8, 4) is 0 Å². The van der Waals surface area contributed by atoms with Crippen molar-refractivity contribution in [2.75, 3.05) is 7.05 Å². The summed E-state index contributed by atoms with van der Waals surface area (Å²) in [6.07, 6.45) is 1.19. The standard InChI is InChI=1S/C23H21N3O4/c1-24-23(29)26-21(27)20(14-8-3-2-4-9-14)30-22(28)19-15-10-5-6-12-17(15)25-18-13-7-11-16(18)19/h2-6,8-10,12,20H,7,11,13H2,1H3,(H2,24,26,27,29)/t20-/m0/s1. The zero-order chi connectivity index (χ0) is 21.1. The monoisotopic (exact) mass is 403 g/mol. The van der Waals surface area contributed by atoms with E-state index in [0.717, 1.165) is 36.0 Å². The lowest BCUT2D eigenvalue weighted by Crippen LogP contribution is -2.41. The van der Waals surface area contributed by atoms with Crippen LogP contribution in [0.4, 0.5) is 4.79 Å². The van der Waals surface area contributed by atoms with Crippen LogP contribution in [0.3, 0.4) is 0 Å². The van der Waals surface area contributed by atoms with Crippen LogP contribution < -0.4 is 10.6 Å². The van der Waals surface area contributed by atoms with Crippen LogP contribution in [0.25, 0.3) is 10.9 Å². The van der Waals surface area contributed by atoms with Crippen molar-refractivity contribution in [2.45, 2.75) is 25.4 Å². The molecule has 0 saturated heterocycles. The van der Waals surface area contributed by atoms with E-state index in [2.05, 4.69) is 15.6 Å². The summed E-state index contributed by atoms with van der Waals surface area (Å²) < 4.78 is 5.70. The third-order valence-corrected chi connectivity index (χ3v) is 5.15. The summed E-state index contributed by atoms with van der Waals surface area (Å²) >= 11 is 0. The Balaban J connectivity index is 1.73. The molecule has 4 rings (SSSR count). The van der Waals surface area contributed by atoms with Crippen molar-refractivity contribution >= 4 is 28.8 Å². The number of para-hydroxylation sites is 1. The summed E-state index contributed by atoms with van der Waals surface area (Å²) in [7, 11) is 1.40. The molecule has 0 radical (unpaired) electrons. The lowest BCUT2D eigenvalue weighted by atomic mass is 10.0. The Morgan fingerprint density at radius 2 is 1.73 bits per heavy atom. The highest BCUT2D eigenvalue weighted by Crippen LogP contribution is 2.32. The zero-order valence-corrected chi connectivity index (χ0v) is 16.5.